The largest absolute Gasteiger partial charge is 0.497 e. The normalized spacial score (nSPS) is 21.2. The lowest BCUT2D eigenvalue weighted by Gasteiger charge is -2.07. The van der Waals surface area contributed by atoms with Crippen LogP contribution in [0, 0.1) is 5.92 Å². The molecule has 4 heteroatoms. The highest BCUT2D eigenvalue weighted by atomic mass is 32.1. The van der Waals surface area contributed by atoms with Gasteiger partial charge in [-0.25, -0.2) is 0 Å². The van der Waals surface area contributed by atoms with Crippen molar-refractivity contribution in [3.05, 3.63) is 64.5 Å². The summed E-state index contributed by atoms with van der Waals surface area (Å²) in [5.74, 6) is 1.85. The van der Waals surface area contributed by atoms with E-state index in [2.05, 4.69) is 47.8 Å². The Kier molecular flexibility index (Phi) is 4.16. The van der Waals surface area contributed by atoms with Gasteiger partial charge in [0.1, 0.15) is 5.75 Å². The first-order chi connectivity index (χ1) is 13.2. The van der Waals surface area contributed by atoms with Gasteiger partial charge in [0, 0.05) is 33.9 Å². The zero-order chi connectivity index (χ0) is 18.4. The molecule has 3 aromatic rings. The highest BCUT2D eigenvalue weighted by molar-refractivity contribution is 7.19. The molecule has 2 saturated carbocycles. The van der Waals surface area contributed by atoms with Gasteiger partial charge >= 0.3 is 0 Å². The summed E-state index contributed by atoms with van der Waals surface area (Å²) in [6.45, 7) is 0. The summed E-state index contributed by atoms with van der Waals surface area (Å²) in [5, 5.41) is 4.56. The number of amides is 1. The SMILES string of the molecule is COc1ccc2sc(Cc3ccccc3)c(C3CC3NC(=O)C3CC3)c2c1. The van der Waals surface area contributed by atoms with Crippen LogP contribution in [0.1, 0.15) is 41.2 Å². The molecule has 0 aliphatic heterocycles. The third kappa shape index (κ3) is 3.34. The van der Waals surface area contributed by atoms with Crippen molar-refractivity contribution in [2.75, 3.05) is 7.11 Å². The van der Waals surface area contributed by atoms with Gasteiger partial charge in [-0.2, -0.15) is 0 Å². The number of rotatable bonds is 6. The van der Waals surface area contributed by atoms with Gasteiger partial charge in [-0.15, -0.1) is 11.3 Å². The van der Waals surface area contributed by atoms with Crippen LogP contribution in [0.5, 0.6) is 5.75 Å². The van der Waals surface area contributed by atoms with E-state index >= 15 is 0 Å². The molecule has 2 unspecified atom stereocenters. The van der Waals surface area contributed by atoms with Gasteiger partial charge in [0.2, 0.25) is 5.91 Å². The van der Waals surface area contributed by atoms with Crippen LogP contribution < -0.4 is 10.1 Å². The van der Waals surface area contributed by atoms with Gasteiger partial charge in [-0.05, 0) is 54.0 Å². The molecule has 27 heavy (non-hydrogen) atoms. The molecule has 0 spiro atoms. The maximum atomic E-state index is 12.2. The Bertz CT molecular complexity index is 990. The van der Waals surface area contributed by atoms with Gasteiger partial charge in [-0.3, -0.25) is 4.79 Å². The van der Waals surface area contributed by atoms with Crippen LogP contribution in [0.4, 0.5) is 0 Å². The minimum atomic E-state index is 0.254. The Balaban J connectivity index is 1.49. The van der Waals surface area contributed by atoms with Gasteiger partial charge in [0.05, 0.1) is 7.11 Å². The highest BCUT2D eigenvalue weighted by Crippen LogP contribution is 2.49. The van der Waals surface area contributed by atoms with Crippen LogP contribution in [-0.2, 0) is 11.2 Å². The van der Waals surface area contributed by atoms with E-state index in [1.165, 1.54) is 26.1 Å². The number of benzene rings is 2. The molecule has 0 radical (unpaired) electrons. The quantitative estimate of drug-likeness (QED) is 0.665. The Morgan fingerprint density at radius 1 is 1.19 bits per heavy atom. The van der Waals surface area contributed by atoms with E-state index in [9.17, 15) is 4.79 Å². The van der Waals surface area contributed by atoms with E-state index in [0.717, 1.165) is 31.4 Å². The summed E-state index contributed by atoms with van der Waals surface area (Å²) in [5.41, 5.74) is 2.75. The lowest BCUT2D eigenvalue weighted by atomic mass is 10.0. The third-order valence-electron chi connectivity index (χ3n) is 5.65. The Morgan fingerprint density at radius 3 is 2.74 bits per heavy atom. The number of hydrogen-bond donors (Lipinski definition) is 1. The monoisotopic (exact) mass is 377 g/mol. The fraction of sp³-hybridized carbons (Fsp3) is 0.348. The molecule has 0 saturated heterocycles. The number of nitrogens with one attached hydrogen (secondary N) is 1. The zero-order valence-corrected chi connectivity index (χ0v) is 16.2. The molecule has 138 valence electrons. The van der Waals surface area contributed by atoms with Crippen LogP contribution >= 0.6 is 11.3 Å². The van der Waals surface area contributed by atoms with Crippen LogP contribution in [0.2, 0.25) is 0 Å². The number of thiophene rings is 1. The van der Waals surface area contributed by atoms with Crippen molar-refractivity contribution in [3.63, 3.8) is 0 Å². The van der Waals surface area contributed by atoms with E-state index in [0.29, 0.717) is 5.92 Å². The number of ether oxygens (including phenoxy) is 1. The van der Waals surface area contributed by atoms with Crippen molar-refractivity contribution in [1.29, 1.82) is 0 Å². The molecule has 3 nitrogen and oxygen atoms in total. The summed E-state index contributed by atoms with van der Waals surface area (Å²) in [6.07, 6.45) is 4.10. The first-order valence-electron chi connectivity index (χ1n) is 9.66. The average Bonchev–Trinajstić information content (AvgIpc) is 3.61. The van der Waals surface area contributed by atoms with Gasteiger partial charge < -0.3 is 10.1 Å². The standard InChI is InChI=1S/C23H23NO2S/c1-26-16-9-10-20-18(12-16)22(17-13-19(17)24-23(25)15-7-8-15)21(27-20)11-14-5-3-2-4-6-14/h2-6,9-10,12,15,17,19H,7-8,11,13H2,1H3,(H,24,25). The lowest BCUT2D eigenvalue weighted by molar-refractivity contribution is -0.122. The first-order valence-corrected chi connectivity index (χ1v) is 10.5. The predicted octanol–water partition coefficient (Wildman–Crippen LogP) is 4.88. The summed E-state index contributed by atoms with van der Waals surface area (Å²) in [4.78, 5) is 13.6. The summed E-state index contributed by atoms with van der Waals surface area (Å²) < 4.78 is 6.77. The molecule has 2 atom stereocenters. The second-order valence-corrected chi connectivity index (χ2v) is 8.83. The molecule has 2 aliphatic rings. The van der Waals surface area contributed by atoms with E-state index < -0.39 is 0 Å². The van der Waals surface area contributed by atoms with Crippen molar-refractivity contribution >= 4 is 27.3 Å². The van der Waals surface area contributed by atoms with Crippen LogP contribution in [0.3, 0.4) is 0 Å². The van der Waals surface area contributed by atoms with E-state index in [1.54, 1.807) is 7.11 Å². The number of fused-ring (bicyclic) bond motifs is 1. The van der Waals surface area contributed by atoms with Crippen molar-refractivity contribution in [3.8, 4) is 5.75 Å². The highest BCUT2D eigenvalue weighted by Gasteiger charge is 2.44. The number of carbonyl (C=O) groups is 1. The maximum Gasteiger partial charge on any atom is 0.223 e. The number of methoxy groups -OCH3 is 1. The Labute approximate surface area is 163 Å². The molecule has 1 N–H and O–H groups in total. The average molecular weight is 378 g/mol. The summed E-state index contributed by atoms with van der Waals surface area (Å²) in [6, 6.07) is 17.3. The van der Waals surface area contributed by atoms with Crippen molar-refractivity contribution in [2.24, 2.45) is 5.92 Å². The Morgan fingerprint density at radius 2 is 2.00 bits per heavy atom. The Hall–Kier alpha value is -2.33. The van der Waals surface area contributed by atoms with Crippen molar-refractivity contribution in [1.82, 2.24) is 5.32 Å². The fourth-order valence-electron chi connectivity index (χ4n) is 3.91. The molecule has 2 fully saturated rings. The topological polar surface area (TPSA) is 38.3 Å². The minimum absolute atomic E-state index is 0.254. The molecular formula is C23H23NO2S. The third-order valence-corrected chi connectivity index (χ3v) is 6.84. The smallest absolute Gasteiger partial charge is 0.223 e. The van der Waals surface area contributed by atoms with Crippen molar-refractivity contribution in [2.45, 2.75) is 37.6 Å². The number of hydrogen-bond acceptors (Lipinski definition) is 3. The van der Waals surface area contributed by atoms with Gasteiger partial charge in [0.25, 0.3) is 0 Å². The lowest BCUT2D eigenvalue weighted by Crippen LogP contribution is -2.27. The molecule has 1 heterocycles. The minimum Gasteiger partial charge on any atom is -0.497 e. The molecule has 1 amide bonds. The van der Waals surface area contributed by atoms with E-state index in [1.807, 2.05) is 17.4 Å². The zero-order valence-electron chi connectivity index (χ0n) is 15.4. The first kappa shape index (κ1) is 16.8. The molecule has 5 rings (SSSR count). The van der Waals surface area contributed by atoms with Crippen LogP contribution in [0.15, 0.2) is 48.5 Å². The summed E-state index contributed by atoms with van der Waals surface area (Å²) in [7, 11) is 1.72. The maximum absolute atomic E-state index is 12.2. The van der Waals surface area contributed by atoms with Crippen LogP contribution in [-0.4, -0.2) is 19.1 Å². The molecule has 0 bridgehead atoms. The number of carbonyl (C=O) groups excluding carboxylic acids is 1. The molecule has 1 aromatic heterocycles. The predicted molar refractivity (Wildman–Crippen MR) is 110 cm³/mol. The summed E-state index contributed by atoms with van der Waals surface area (Å²) >= 11 is 1.88. The second-order valence-electron chi connectivity index (χ2n) is 7.69. The molecule has 2 aliphatic carbocycles. The van der Waals surface area contributed by atoms with Gasteiger partial charge in [-0.1, -0.05) is 30.3 Å². The molecule has 2 aromatic carbocycles. The second kappa shape index (κ2) is 6.68. The fourth-order valence-corrected chi connectivity index (χ4v) is 5.20. The van der Waals surface area contributed by atoms with Crippen LogP contribution in [0.25, 0.3) is 10.1 Å². The van der Waals surface area contributed by atoms with E-state index in [4.69, 9.17) is 4.74 Å². The van der Waals surface area contributed by atoms with Gasteiger partial charge in [0.15, 0.2) is 0 Å². The molecular weight excluding hydrogens is 354 g/mol. The van der Waals surface area contributed by atoms with E-state index in [-0.39, 0.29) is 17.9 Å². The van der Waals surface area contributed by atoms with Crippen molar-refractivity contribution < 1.29 is 9.53 Å².